The van der Waals surface area contributed by atoms with E-state index in [4.69, 9.17) is 9.66 Å². The molecule has 0 aromatic heterocycles. The summed E-state index contributed by atoms with van der Waals surface area (Å²) in [7, 11) is 0. The van der Waals surface area contributed by atoms with Crippen molar-refractivity contribution in [3.63, 3.8) is 0 Å². The maximum absolute atomic E-state index is 10.5. The van der Waals surface area contributed by atoms with Crippen LogP contribution < -0.4 is 0 Å². The molecular weight excluding hydrogens is 164 g/mol. The summed E-state index contributed by atoms with van der Waals surface area (Å²) in [5, 5.41) is 9.10. The van der Waals surface area contributed by atoms with Gasteiger partial charge in [0.2, 0.25) is 0 Å². The van der Waals surface area contributed by atoms with Crippen LogP contribution in [0.4, 0.5) is 0 Å². The van der Waals surface area contributed by atoms with Gasteiger partial charge in [0.15, 0.2) is 11.1 Å². The van der Waals surface area contributed by atoms with Gasteiger partial charge in [0.25, 0.3) is 0 Å². The normalized spacial score (nSPS) is 12.9. The summed E-state index contributed by atoms with van der Waals surface area (Å²) in [5.74, 6) is 0.0462. The van der Waals surface area contributed by atoms with Gasteiger partial charge in [-0.1, -0.05) is 6.07 Å². The van der Waals surface area contributed by atoms with Crippen LogP contribution in [0.1, 0.15) is 5.56 Å². The Hall–Kier alpha value is -0.870. The number of aromatic hydroxyl groups is 1. The number of phenols is 1. The molecule has 0 radical (unpaired) electrons. The third kappa shape index (κ3) is 1.78. The fourth-order valence-electron chi connectivity index (χ4n) is 0.698. The zero-order chi connectivity index (χ0) is 8.43. The topological polar surface area (TPSA) is 57.5 Å². The van der Waals surface area contributed by atoms with Gasteiger partial charge in [-0.2, -0.15) is 0 Å². The van der Waals surface area contributed by atoms with Crippen molar-refractivity contribution in [2.45, 2.75) is 11.8 Å². The molecule has 11 heavy (non-hydrogen) atoms. The van der Waals surface area contributed by atoms with Crippen molar-refractivity contribution < 1.29 is 13.9 Å². The van der Waals surface area contributed by atoms with Crippen molar-refractivity contribution in [1.82, 2.24) is 0 Å². The van der Waals surface area contributed by atoms with E-state index in [1.54, 1.807) is 13.0 Å². The molecule has 1 rings (SSSR count). The van der Waals surface area contributed by atoms with Gasteiger partial charge >= 0.3 is 0 Å². The predicted octanol–water partition coefficient (Wildman–Crippen LogP) is 1.28. The molecule has 0 amide bonds. The Balaban J connectivity index is 3.15. The molecule has 0 saturated carbocycles. The third-order valence-corrected chi connectivity index (χ3v) is 2.04. The minimum Gasteiger partial charge on any atom is -0.508 e. The van der Waals surface area contributed by atoms with Gasteiger partial charge in [0.1, 0.15) is 5.75 Å². The van der Waals surface area contributed by atoms with Crippen LogP contribution in [-0.2, 0) is 11.1 Å². The molecule has 1 atom stereocenters. The van der Waals surface area contributed by atoms with Crippen LogP contribution in [-0.4, -0.2) is 13.9 Å². The molecule has 0 aliphatic rings. The first-order valence-electron chi connectivity index (χ1n) is 3.02. The van der Waals surface area contributed by atoms with E-state index in [0.29, 0.717) is 5.56 Å². The molecule has 60 valence electrons. The highest BCUT2D eigenvalue weighted by molar-refractivity contribution is 7.79. The van der Waals surface area contributed by atoms with Crippen molar-refractivity contribution in [1.29, 1.82) is 0 Å². The van der Waals surface area contributed by atoms with E-state index in [-0.39, 0.29) is 10.6 Å². The largest absolute Gasteiger partial charge is 0.508 e. The maximum Gasteiger partial charge on any atom is 0.186 e. The molecule has 3 nitrogen and oxygen atoms in total. The van der Waals surface area contributed by atoms with E-state index in [1.807, 2.05) is 0 Å². The highest BCUT2D eigenvalue weighted by atomic mass is 32.2. The van der Waals surface area contributed by atoms with Crippen LogP contribution in [0.2, 0.25) is 0 Å². The molecule has 0 bridgehead atoms. The van der Waals surface area contributed by atoms with Gasteiger partial charge in [-0.15, -0.1) is 0 Å². The lowest BCUT2D eigenvalue weighted by Crippen LogP contribution is -1.87. The number of rotatable bonds is 1. The minimum absolute atomic E-state index is 0.0462. The zero-order valence-electron chi connectivity index (χ0n) is 5.94. The summed E-state index contributed by atoms with van der Waals surface area (Å²) in [4.78, 5) is 0.216. The molecule has 0 saturated heterocycles. The Morgan fingerprint density at radius 3 is 2.55 bits per heavy atom. The smallest absolute Gasteiger partial charge is 0.186 e. The molecule has 0 spiro atoms. The van der Waals surface area contributed by atoms with E-state index >= 15 is 0 Å². The van der Waals surface area contributed by atoms with Crippen LogP contribution in [0, 0.1) is 6.92 Å². The van der Waals surface area contributed by atoms with Crippen molar-refractivity contribution in [2.24, 2.45) is 0 Å². The van der Waals surface area contributed by atoms with Crippen LogP contribution >= 0.6 is 0 Å². The highest BCUT2D eigenvalue weighted by Gasteiger charge is 2.01. The van der Waals surface area contributed by atoms with E-state index in [2.05, 4.69) is 0 Å². The van der Waals surface area contributed by atoms with Gasteiger partial charge < -0.3 is 9.66 Å². The second-order valence-corrected chi connectivity index (χ2v) is 3.17. The van der Waals surface area contributed by atoms with Gasteiger partial charge in [0, 0.05) is 0 Å². The van der Waals surface area contributed by atoms with Crippen LogP contribution in [0.5, 0.6) is 5.75 Å². The Morgan fingerprint density at radius 2 is 2.09 bits per heavy atom. The molecule has 0 heterocycles. The molecule has 0 aliphatic heterocycles. The number of benzene rings is 1. The summed E-state index contributed by atoms with van der Waals surface area (Å²) in [6.45, 7) is 1.72. The van der Waals surface area contributed by atoms with E-state index < -0.39 is 11.1 Å². The van der Waals surface area contributed by atoms with Crippen molar-refractivity contribution in [2.75, 3.05) is 0 Å². The van der Waals surface area contributed by atoms with Crippen LogP contribution in [0.15, 0.2) is 23.1 Å². The van der Waals surface area contributed by atoms with Gasteiger partial charge in [-0.3, -0.25) is 0 Å². The zero-order valence-corrected chi connectivity index (χ0v) is 6.76. The fraction of sp³-hybridized carbons (Fsp3) is 0.143. The molecule has 0 aliphatic carbocycles. The fourth-order valence-corrected chi connectivity index (χ4v) is 1.09. The maximum atomic E-state index is 10.5. The number of aryl methyl sites for hydroxylation is 1. The summed E-state index contributed by atoms with van der Waals surface area (Å²) in [5.41, 5.74) is 0.694. The van der Waals surface area contributed by atoms with Gasteiger partial charge in [0.05, 0.1) is 4.90 Å². The second-order valence-electron chi connectivity index (χ2n) is 2.20. The summed E-state index contributed by atoms with van der Waals surface area (Å²) in [6, 6.07) is 4.38. The lowest BCUT2D eigenvalue weighted by molar-refractivity contribution is 0.468. The van der Waals surface area contributed by atoms with E-state index in [9.17, 15) is 4.21 Å². The van der Waals surface area contributed by atoms with Gasteiger partial charge in [-0.25, -0.2) is 4.21 Å². The van der Waals surface area contributed by atoms with E-state index in [1.165, 1.54) is 12.1 Å². The lowest BCUT2D eigenvalue weighted by Gasteiger charge is -1.98. The molecule has 2 N–H and O–H groups in total. The molecular formula is C7H8O3S. The van der Waals surface area contributed by atoms with Crippen molar-refractivity contribution >= 4 is 11.1 Å². The summed E-state index contributed by atoms with van der Waals surface area (Å²) >= 11 is -2.01. The quantitative estimate of drug-likeness (QED) is 0.627. The first kappa shape index (κ1) is 8.23. The molecule has 1 unspecified atom stereocenters. The first-order chi connectivity index (χ1) is 5.11. The summed E-state index contributed by atoms with van der Waals surface area (Å²) < 4.78 is 19.1. The molecule has 0 fully saturated rings. The molecule has 4 heteroatoms. The monoisotopic (exact) mass is 172 g/mol. The van der Waals surface area contributed by atoms with Crippen LogP contribution in [0.3, 0.4) is 0 Å². The Morgan fingerprint density at radius 1 is 1.45 bits per heavy atom. The third-order valence-electron chi connectivity index (χ3n) is 1.38. The number of phenolic OH excluding ortho intramolecular Hbond substituents is 1. The minimum atomic E-state index is -2.01. The number of hydrogen-bond acceptors (Lipinski definition) is 2. The first-order valence-corrected chi connectivity index (χ1v) is 4.12. The average Bonchev–Trinajstić information content (AvgIpc) is 1.94. The second kappa shape index (κ2) is 3.02. The van der Waals surface area contributed by atoms with Crippen LogP contribution in [0.25, 0.3) is 0 Å². The standard InChI is InChI=1S/C7H8O3S/c1-5-2-3-6(11(9)10)4-7(5)8/h2-4,8H,1H3,(H,9,10). The Labute approximate surface area is 67.0 Å². The lowest BCUT2D eigenvalue weighted by atomic mass is 10.2. The SMILES string of the molecule is Cc1ccc(S(=O)O)cc1O. The van der Waals surface area contributed by atoms with Crippen molar-refractivity contribution in [3.05, 3.63) is 23.8 Å². The van der Waals surface area contributed by atoms with E-state index in [0.717, 1.165) is 0 Å². The highest BCUT2D eigenvalue weighted by Crippen LogP contribution is 2.18. The van der Waals surface area contributed by atoms with Crippen molar-refractivity contribution in [3.8, 4) is 5.75 Å². The summed E-state index contributed by atoms with van der Waals surface area (Å²) in [6.07, 6.45) is 0. The van der Waals surface area contributed by atoms with Gasteiger partial charge in [-0.05, 0) is 24.6 Å². The molecule has 1 aromatic rings. The Kier molecular flexibility index (Phi) is 2.26. The molecule has 1 aromatic carbocycles. The predicted molar refractivity (Wildman–Crippen MR) is 41.9 cm³/mol. The Bertz CT molecular complexity index is 296. The average molecular weight is 172 g/mol. The number of hydrogen-bond donors (Lipinski definition) is 2.